The molecule has 1 aliphatic carbocycles. The second-order valence-electron chi connectivity index (χ2n) is 5.52. The first-order valence-electron chi connectivity index (χ1n) is 7.71. The topological polar surface area (TPSA) is 51.2 Å². The van der Waals surface area contributed by atoms with Crippen LogP contribution in [0.5, 0.6) is 5.88 Å². The highest BCUT2D eigenvalue weighted by atomic mass is 32.1. The van der Waals surface area contributed by atoms with Gasteiger partial charge in [-0.3, -0.25) is 4.79 Å². The van der Waals surface area contributed by atoms with Gasteiger partial charge in [-0.1, -0.05) is 12.1 Å². The molecule has 0 saturated heterocycles. The second kappa shape index (κ2) is 7.40. The number of ether oxygens (including phenoxy) is 1. The van der Waals surface area contributed by atoms with Crippen molar-refractivity contribution in [2.75, 3.05) is 0 Å². The van der Waals surface area contributed by atoms with E-state index in [-0.39, 0.29) is 12.0 Å². The molecule has 0 aromatic carbocycles. The van der Waals surface area contributed by atoms with Gasteiger partial charge in [-0.2, -0.15) is 0 Å². The fraction of sp³-hybridized carbons (Fsp3) is 0.412. The van der Waals surface area contributed by atoms with E-state index in [0.29, 0.717) is 18.8 Å². The van der Waals surface area contributed by atoms with E-state index in [2.05, 4.69) is 10.3 Å². The largest absolute Gasteiger partial charge is 0.474 e. The van der Waals surface area contributed by atoms with Crippen LogP contribution in [-0.2, 0) is 17.8 Å². The molecule has 0 radical (unpaired) electrons. The molecule has 0 atom stereocenters. The van der Waals surface area contributed by atoms with E-state index < -0.39 is 0 Å². The van der Waals surface area contributed by atoms with Crippen LogP contribution in [0.4, 0.5) is 0 Å². The Morgan fingerprint density at radius 1 is 1.32 bits per heavy atom. The van der Waals surface area contributed by atoms with Crippen LogP contribution in [0.3, 0.4) is 0 Å². The summed E-state index contributed by atoms with van der Waals surface area (Å²) in [4.78, 5) is 17.4. The predicted octanol–water partition coefficient (Wildman–Crippen LogP) is 3.32. The Hall–Kier alpha value is -1.88. The molecule has 1 saturated carbocycles. The van der Waals surface area contributed by atoms with Crippen molar-refractivity contribution in [2.45, 2.75) is 44.8 Å². The second-order valence-corrected chi connectivity index (χ2v) is 6.56. The van der Waals surface area contributed by atoms with E-state index in [9.17, 15) is 4.79 Å². The Balaban J connectivity index is 1.56. The molecule has 4 nitrogen and oxygen atoms in total. The van der Waals surface area contributed by atoms with Crippen LogP contribution in [0.2, 0.25) is 0 Å². The summed E-state index contributed by atoms with van der Waals surface area (Å²) in [7, 11) is 0. The lowest BCUT2D eigenvalue weighted by Gasteiger charge is -2.15. The summed E-state index contributed by atoms with van der Waals surface area (Å²) in [5, 5.41) is 4.93. The quantitative estimate of drug-likeness (QED) is 0.889. The van der Waals surface area contributed by atoms with Crippen molar-refractivity contribution in [1.29, 1.82) is 0 Å². The molecule has 0 spiro atoms. The van der Waals surface area contributed by atoms with Crippen LogP contribution >= 0.6 is 11.3 Å². The van der Waals surface area contributed by atoms with Crippen molar-refractivity contribution in [3.63, 3.8) is 0 Å². The van der Waals surface area contributed by atoms with Crippen LogP contribution in [-0.4, -0.2) is 17.0 Å². The zero-order valence-corrected chi connectivity index (χ0v) is 13.3. The van der Waals surface area contributed by atoms with Crippen molar-refractivity contribution in [3.8, 4) is 5.88 Å². The van der Waals surface area contributed by atoms with E-state index >= 15 is 0 Å². The van der Waals surface area contributed by atoms with Crippen LogP contribution in [0.15, 0.2) is 35.8 Å². The molecule has 2 aromatic rings. The maximum Gasteiger partial charge on any atom is 0.225 e. The van der Waals surface area contributed by atoms with Crippen LogP contribution in [0.1, 0.15) is 36.1 Å². The normalized spacial score (nSPS) is 14.9. The van der Waals surface area contributed by atoms with Crippen molar-refractivity contribution < 1.29 is 9.53 Å². The molecule has 5 heteroatoms. The van der Waals surface area contributed by atoms with Gasteiger partial charge in [-0.15, -0.1) is 11.3 Å². The van der Waals surface area contributed by atoms with Gasteiger partial charge in [0.05, 0.1) is 6.42 Å². The molecular weight excluding hydrogens is 296 g/mol. The summed E-state index contributed by atoms with van der Waals surface area (Å²) < 4.78 is 5.98. The number of nitrogens with one attached hydrogen (secondary N) is 1. The van der Waals surface area contributed by atoms with E-state index in [1.807, 2.05) is 29.6 Å². The Kier molecular flexibility index (Phi) is 5.06. The number of amides is 1. The summed E-state index contributed by atoms with van der Waals surface area (Å²) in [6.07, 6.45) is 7.09. The molecule has 1 fully saturated rings. The Morgan fingerprint density at radius 2 is 2.18 bits per heavy atom. The molecule has 3 rings (SSSR count). The minimum Gasteiger partial charge on any atom is -0.474 e. The minimum atomic E-state index is 0.0260. The fourth-order valence-electron chi connectivity index (χ4n) is 2.66. The molecule has 116 valence electrons. The number of carbonyl (C=O) groups is 1. The molecule has 0 unspecified atom stereocenters. The van der Waals surface area contributed by atoms with Crippen molar-refractivity contribution in [2.24, 2.45) is 0 Å². The van der Waals surface area contributed by atoms with Crippen molar-refractivity contribution in [1.82, 2.24) is 10.3 Å². The molecule has 0 aliphatic heterocycles. The number of rotatable bonds is 6. The van der Waals surface area contributed by atoms with Crippen molar-refractivity contribution >= 4 is 17.2 Å². The molecular formula is C17H20N2O2S. The van der Waals surface area contributed by atoms with E-state index in [1.165, 1.54) is 12.8 Å². The maximum absolute atomic E-state index is 12.0. The SMILES string of the molecule is O=C(Cc1cccs1)NCc1cccnc1OC1CCCC1. The molecule has 1 amide bonds. The molecule has 0 bridgehead atoms. The standard InChI is InChI=1S/C17H20N2O2S/c20-16(11-15-8-4-10-22-15)19-12-13-5-3-9-18-17(13)21-14-6-1-2-7-14/h3-5,8-10,14H,1-2,6-7,11-12H2,(H,19,20). The predicted molar refractivity (Wildman–Crippen MR) is 87.0 cm³/mol. The monoisotopic (exact) mass is 316 g/mol. The summed E-state index contributed by atoms with van der Waals surface area (Å²) in [5.41, 5.74) is 0.939. The van der Waals surface area contributed by atoms with E-state index in [4.69, 9.17) is 4.74 Å². The fourth-order valence-corrected chi connectivity index (χ4v) is 3.36. The molecule has 22 heavy (non-hydrogen) atoms. The first-order chi connectivity index (χ1) is 10.8. The molecule has 2 aromatic heterocycles. The van der Waals surface area contributed by atoms with E-state index in [1.54, 1.807) is 17.5 Å². The van der Waals surface area contributed by atoms with Crippen molar-refractivity contribution in [3.05, 3.63) is 46.3 Å². The van der Waals surface area contributed by atoms with Crippen LogP contribution in [0, 0.1) is 0 Å². The third-order valence-corrected chi connectivity index (χ3v) is 4.70. The van der Waals surface area contributed by atoms with Gasteiger partial charge < -0.3 is 10.1 Å². The highest BCUT2D eigenvalue weighted by molar-refractivity contribution is 7.10. The Morgan fingerprint density at radius 3 is 2.95 bits per heavy atom. The molecule has 2 heterocycles. The number of thiophene rings is 1. The van der Waals surface area contributed by atoms with Crippen LogP contribution in [0.25, 0.3) is 0 Å². The van der Waals surface area contributed by atoms with E-state index in [0.717, 1.165) is 23.3 Å². The maximum atomic E-state index is 12.0. The van der Waals surface area contributed by atoms with Gasteiger partial charge in [0.25, 0.3) is 0 Å². The van der Waals surface area contributed by atoms with Gasteiger partial charge in [0.2, 0.25) is 11.8 Å². The average molecular weight is 316 g/mol. The van der Waals surface area contributed by atoms with Gasteiger partial charge in [-0.25, -0.2) is 4.98 Å². The van der Waals surface area contributed by atoms with Gasteiger partial charge in [0.1, 0.15) is 6.10 Å². The average Bonchev–Trinajstić information content (AvgIpc) is 3.20. The zero-order valence-electron chi connectivity index (χ0n) is 12.5. The summed E-state index contributed by atoms with van der Waals surface area (Å²) in [6.45, 7) is 0.458. The van der Waals surface area contributed by atoms with Gasteiger partial charge in [0.15, 0.2) is 0 Å². The third kappa shape index (κ3) is 4.07. The minimum absolute atomic E-state index is 0.0260. The zero-order chi connectivity index (χ0) is 15.2. The third-order valence-electron chi connectivity index (χ3n) is 3.82. The number of hydrogen-bond acceptors (Lipinski definition) is 4. The number of pyridine rings is 1. The Labute approximate surface area is 134 Å². The Bertz CT molecular complexity index is 607. The number of aromatic nitrogens is 1. The van der Waals surface area contributed by atoms with Gasteiger partial charge in [-0.05, 0) is 43.2 Å². The summed E-state index contributed by atoms with van der Waals surface area (Å²) in [6, 6.07) is 7.77. The van der Waals surface area contributed by atoms with Crippen LogP contribution < -0.4 is 10.1 Å². The lowest BCUT2D eigenvalue weighted by Crippen LogP contribution is -2.25. The number of hydrogen-bond donors (Lipinski definition) is 1. The number of nitrogens with zero attached hydrogens (tertiary/aromatic N) is 1. The molecule has 1 N–H and O–H groups in total. The first kappa shape index (κ1) is 15.0. The lowest BCUT2D eigenvalue weighted by atomic mass is 10.2. The smallest absolute Gasteiger partial charge is 0.225 e. The summed E-state index contributed by atoms with van der Waals surface area (Å²) >= 11 is 1.60. The first-order valence-corrected chi connectivity index (χ1v) is 8.59. The lowest BCUT2D eigenvalue weighted by molar-refractivity contribution is -0.120. The van der Waals surface area contributed by atoms with Gasteiger partial charge >= 0.3 is 0 Å². The van der Waals surface area contributed by atoms with Gasteiger partial charge in [0, 0.05) is 23.2 Å². The summed E-state index contributed by atoms with van der Waals surface area (Å²) in [5.74, 6) is 0.684. The highest BCUT2D eigenvalue weighted by Crippen LogP contribution is 2.24. The highest BCUT2D eigenvalue weighted by Gasteiger charge is 2.18. The number of carbonyl (C=O) groups excluding carboxylic acids is 1. The molecule has 1 aliphatic rings.